The van der Waals surface area contributed by atoms with Gasteiger partial charge in [0.1, 0.15) is 22.5 Å². The molecule has 1 aromatic heterocycles. The van der Waals surface area contributed by atoms with Gasteiger partial charge in [0, 0.05) is 24.7 Å². The summed E-state index contributed by atoms with van der Waals surface area (Å²) in [5.41, 5.74) is 0.0874. The first-order valence-electron chi connectivity index (χ1n) is 10.1. The molecule has 0 aliphatic carbocycles. The Bertz CT molecular complexity index is 1240. The Morgan fingerprint density at radius 3 is 2.41 bits per heavy atom. The highest BCUT2D eigenvalue weighted by Gasteiger charge is 2.43. The quantitative estimate of drug-likeness (QED) is 0.611. The van der Waals surface area contributed by atoms with Crippen LogP contribution in [-0.4, -0.2) is 50.9 Å². The third-order valence-corrected chi connectivity index (χ3v) is 5.37. The molecule has 9 heteroatoms. The van der Waals surface area contributed by atoms with E-state index in [2.05, 4.69) is 4.98 Å². The number of amides is 3. The SMILES string of the molecule is CCN(CC)C(=O)Oc1c2c(c(O)c3ncccc13)C(=O)N(Cc1ccc(F)cc1)C2=O. The van der Waals surface area contributed by atoms with Crippen LogP contribution < -0.4 is 4.74 Å². The van der Waals surface area contributed by atoms with Crippen molar-refractivity contribution in [3.05, 3.63) is 65.1 Å². The molecule has 1 N–H and O–H groups in total. The fraction of sp³-hybridized carbons (Fsp3) is 0.217. The van der Waals surface area contributed by atoms with Gasteiger partial charge in [-0.05, 0) is 43.7 Å². The van der Waals surface area contributed by atoms with Crippen LogP contribution in [0.5, 0.6) is 11.5 Å². The minimum absolute atomic E-state index is 0.0402. The molecule has 0 atom stereocenters. The lowest BCUT2D eigenvalue weighted by Gasteiger charge is -2.20. The van der Waals surface area contributed by atoms with Crippen LogP contribution in [0.2, 0.25) is 0 Å². The second-order valence-corrected chi connectivity index (χ2v) is 7.19. The maximum Gasteiger partial charge on any atom is 0.415 e. The summed E-state index contributed by atoms with van der Waals surface area (Å²) in [6, 6.07) is 8.48. The molecular weight excluding hydrogens is 417 g/mol. The number of carbonyl (C=O) groups is 3. The summed E-state index contributed by atoms with van der Waals surface area (Å²) in [7, 11) is 0. The molecule has 4 rings (SSSR count). The van der Waals surface area contributed by atoms with Gasteiger partial charge >= 0.3 is 6.09 Å². The Morgan fingerprint density at radius 2 is 1.75 bits per heavy atom. The number of aromatic nitrogens is 1. The lowest BCUT2D eigenvalue weighted by atomic mass is 10.0. The van der Waals surface area contributed by atoms with Crippen molar-refractivity contribution in [3.8, 4) is 11.5 Å². The molecule has 2 heterocycles. The summed E-state index contributed by atoms with van der Waals surface area (Å²) >= 11 is 0. The van der Waals surface area contributed by atoms with Crippen molar-refractivity contribution in [2.45, 2.75) is 20.4 Å². The minimum Gasteiger partial charge on any atom is -0.505 e. The van der Waals surface area contributed by atoms with E-state index in [1.165, 1.54) is 35.4 Å². The number of nitrogens with zero attached hydrogens (tertiary/aromatic N) is 3. The molecule has 164 valence electrons. The van der Waals surface area contributed by atoms with E-state index >= 15 is 0 Å². The van der Waals surface area contributed by atoms with Crippen molar-refractivity contribution < 1.29 is 28.6 Å². The number of imide groups is 1. The second kappa shape index (κ2) is 8.26. The van der Waals surface area contributed by atoms with Gasteiger partial charge in [-0.1, -0.05) is 12.1 Å². The summed E-state index contributed by atoms with van der Waals surface area (Å²) in [6.45, 7) is 4.19. The van der Waals surface area contributed by atoms with Crippen molar-refractivity contribution in [1.29, 1.82) is 0 Å². The molecule has 0 saturated heterocycles. The Hall–Kier alpha value is -4.01. The Kier molecular flexibility index (Phi) is 5.48. The molecule has 0 saturated carbocycles. The second-order valence-electron chi connectivity index (χ2n) is 7.19. The molecular formula is C23H20FN3O5. The zero-order valence-corrected chi connectivity index (χ0v) is 17.5. The lowest BCUT2D eigenvalue weighted by molar-refractivity contribution is 0.0641. The third kappa shape index (κ3) is 3.41. The van der Waals surface area contributed by atoms with Crippen LogP contribution in [0.1, 0.15) is 40.1 Å². The fourth-order valence-electron chi connectivity index (χ4n) is 3.69. The Morgan fingerprint density at radius 1 is 1.09 bits per heavy atom. The van der Waals surface area contributed by atoms with Gasteiger partial charge < -0.3 is 14.7 Å². The first-order valence-corrected chi connectivity index (χ1v) is 10.1. The van der Waals surface area contributed by atoms with Gasteiger partial charge in [-0.25, -0.2) is 9.18 Å². The maximum atomic E-state index is 13.3. The average Bonchev–Trinajstić information content (AvgIpc) is 3.04. The van der Waals surface area contributed by atoms with E-state index in [1.807, 2.05) is 0 Å². The predicted molar refractivity (Wildman–Crippen MR) is 113 cm³/mol. The summed E-state index contributed by atoms with van der Waals surface area (Å²) in [6.07, 6.45) is 0.729. The molecule has 2 aromatic carbocycles. The standard InChI is InChI=1S/C23H20FN3O5/c1-3-26(4-2)23(31)32-20-15-6-5-11-25-18(15)19(28)16-17(20)22(30)27(21(16)29)12-13-7-9-14(24)10-8-13/h5-11,28H,3-4,12H2,1-2H3. The van der Waals surface area contributed by atoms with Gasteiger partial charge in [-0.2, -0.15) is 0 Å². The number of halogens is 1. The van der Waals surface area contributed by atoms with Crippen LogP contribution in [0.3, 0.4) is 0 Å². The Balaban J connectivity index is 1.84. The van der Waals surface area contributed by atoms with E-state index in [9.17, 15) is 23.9 Å². The smallest absolute Gasteiger partial charge is 0.415 e. The number of phenolic OH excluding ortho intramolecular Hbond substituents is 1. The number of carbonyl (C=O) groups excluding carboxylic acids is 3. The van der Waals surface area contributed by atoms with Crippen LogP contribution >= 0.6 is 0 Å². The van der Waals surface area contributed by atoms with Gasteiger partial charge in [0.25, 0.3) is 11.8 Å². The number of benzene rings is 2. The summed E-state index contributed by atoms with van der Waals surface area (Å²) in [5, 5.41) is 11.0. The van der Waals surface area contributed by atoms with E-state index < -0.39 is 29.5 Å². The summed E-state index contributed by atoms with van der Waals surface area (Å²) in [4.78, 5) is 45.5. The molecule has 32 heavy (non-hydrogen) atoms. The topological polar surface area (TPSA) is 100 Å². The van der Waals surface area contributed by atoms with Gasteiger partial charge in [0.2, 0.25) is 0 Å². The average molecular weight is 437 g/mol. The Labute approximate surface area is 182 Å². The van der Waals surface area contributed by atoms with Crippen LogP contribution in [0.4, 0.5) is 9.18 Å². The van der Waals surface area contributed by atoms with E-state index in [4.69, 9.17) is 4.74 Å². The van der Waals surface area contributed by atoms with Crippen LogP contribution in [0.15, 0.2) is 42.6 Å². The molecule has 3 amide bonds. The van der Waals surface area contributed by atoms with Gasteiger partial charge in [-0.3, -0.25) is 19.5 Å². The number of aromatic hydroxyl groups is 1. The molecule has 0 bridgehead atoms. The fourth-order valence-corrected chi connectivity index (χ4v) is 3.69. The molecule has 0 radical (unpaired) electrons. The number of hydrogen-bond donors (Lipinski definition) is 1. The van der Waals surface area contributed by atoms with E-state index in [0.29, 0.717) is 18.7 Å². The van der Waals surface area contributed by atoms with Crippen molar-refractivity contribution in [2.75, 3.05) is 13.1 Å². The first-order chi connectivity index (χ1) is 15.4. The van der Waals surface area contributed by atoms with Crippen molar-refractivity contribution in [3.63, 3.8) is 0 Å². The number of ether oxygens (including phenoxy) is 1. The molecule has 8 nitrogen and oxygen atoms in total. The predicted octanol–water partition coefficient (Wildman–Crippen LogP) is 3.72. The van der Waals surface area contributed by atoms with Crippen molar-refractivity contribution in [2.24, 2.45) is 0 Å². The molecule has 0 unspecified atom stereocenters. The largest absolute Gasteiger partial charge is 0.505 e. The van der Waals surface area contributed by atoms with E-state index in [0.717, 1.165) is 4.90 Å². The highest BCUT2D eigenvalue weighted by Crippen LogP contribution is 2.44. The number of fused-ring (bicyclic) bond motifs is 2. The monoisotopic (exact) mass is 437 g/mol. The van der Waals surface area contributed by atoms with Crippen LogP contribution in [0.25, 0.3) is 10.9 Å². The van der Waals surface area contributed by atoms with Crippen LogP contribution in [0, 0.1) is 5.82 Å². The highest BCUT2D eigenvalue weighted by atomic mass is 19.1. The van der Waals surface area contributed by atoms with Crippen molar-refractivity contribution in [1.82, 2.24) is 14.8 Å². The van der Waals surface area contributed by atoms with E-state index in [-0.39, 0.29) is 34.3 Å². The normalized spacial score (nSPS) is 12.9. The van der Waals surface area contributed by atoms with Crippen LogP contribution in [-0.2, 0) is 6.54 Å². The summed E-state index contributed by atoms with van der Waals surface area (Å²) < 4.78 is 18.8. The number of rotatable bonds is 5. The minimum atomic E-state index is -0.750. The zero-order valence-electron chi connectivity index (χ0n) is 17.5. The van der Waals surface area contributed by atoms with E-state index in [1.54, 1.807) is 26.0 Å². The molecule has 1 aliphatic heterocycles. The third-order valence-electron chi connectivity index (χ3n) is 5.37. The number of hydrogen-bond acceptors (Lipinski definition) is 6. The van der Waals surface area contributed by atoms with Gasteiger partial charge in [0.05, 0.1) is 6.54 Å². The van der Waals surface area contributed by atoms with Gasteiger partial charge in [-0.15, -0.1) is 0 Å². The molecule has 3 aromatic rings. The number of phenols is 1. The lowest BCUT2D eigenvalue weighted by Crippen LogP contribution is -2.33. The highest BCUT2D eigenvalue weighted by molar-refractivity contribution is 6.27. The molecule has 0 fully saturated rings. The van der Waals surface area contributed by atoms with Crippen molar-refractivity contribution >= 4 is 28.8 Å². The number of pyridine rings is 1. The zero-order chi connectivity index (χ0) is 23.0. The maximum absolute atomic E-state index is 13.3. The first kappa shape index (κ1) is 21.2. The summed E-state index contributed by atoms with van der Waals surface area (Å²) in [5.74, 6) is -2.51. The molecule has 1 aliphatic rings. The van der Waals surface area contributed by atoms with Gasteiger partial charge in [0.15, 0.2) is 11.5 Å². The molecule has 0 spiro atoms.